The molecule has 0 aliphatic carbocycles. The zero-order chi connectivity index (χ0) is 23.8. The lowest BCUT2D eigenvalue weighted by molar-refractivity contribution is -0.148. The van der Waals surface area contributed by atoms with Crippen LogP contribution >= 0.6 is 0 Å². The van der Waals surface area contributed by atoms with Crippen LogP contribution in [0.5, 0.6) is 0 Å². The van der Waals surface area contributed by atoms with Gasteiger partial charge in [0.15, 0.2) is 0 Å². The molecule has 2 rings (SSSR count). The van der Waals surface area contributed by atoms with Crippen molar-refractivity contribution in [2.45, 2.75) is 56.8 Å². The molecule has 0 bridgehead atoms. The number of nitrogens with one attached hydrogen (secondary N) is 2. The molecule has 11 nitrogen and oxygen atoms in total. The number of likely N-dealkylation sites (tertiary alicyclic amines) is 1. The van der Waals surface area contributed by atoms with Crippen molar-refractivity contribution in [3.63, 3.8) is 0 Å². The third-order valence-electron chi connectivity index (χ3n) is 5.14. The molecule has 1 heterocycles. The highest BCUT2D eigenvalue weighted by Crippen LogP contribution is 2.20. The number of hydrogen-bond donors (Lipinski definition) is 5. The quantitative estimate of drug-likeness (QED) is 0.305. The smallest absolute Gasteiger partial charge is 0.326 e. The third kappa shape index (κ3) is 6.77. The maximum absolute atomic E-state index is 13.3. The van der Waals surface area contributed by atoms with Gasteiger partial charge in [0.05, 0.1) is 12.5 Å². The Kier molecular flexibility index (Phi) is 8.71. The number of amides is 3. The van der Waals surface area contributed by atoms with Gasteiger partial charge in [-0.25, -0.2) is 4.79 Å². The molecule has 4 atom stereocenters. The average molecular weight is 448 g/mol. The molecule has 1 aromatic carbocycles. The van der Waals surface area contributed by atoms with Crippen molar-refractivity contribution in [1.82, 2.24) is 15.5 Å². The van der Waals surface area contributed by atoms with Gasteiger partial charge in [0, 0.05) is 13.0 Å². The van der Waals surface area contributed by atoms with Crippen LogP contribution in [0.4, 0.5) is 0 Å². The number of nitrogens with zero attached hydrogens (tertiary/aromatic N) is 1. The predicted octanol–water partition coefficient (Wildman–Crippen LogP) is -0.904. The van der Waals surface area contributed by atoms with Gasteiger partial charge in [-0.1, -0.05) is 30.3 Å². The first kappa shape index (κ1) is 24.8. The maximum atomic E-state index is 13.3. The van der Waals surface area contributed by atoms with Crippen molar-refractivity contribution < 1.29 is 34.2 Å². The largest absolute Gasteiger partial charge is 0.481 e. The molecule has 11 heteroatoms. The van der Waals surface area contributed by atoms with Crippen molar-refractivity contribution >= 4 is 29.7 Å². The third-order valence-corrected chi connectivity index (χ3v) is 5.14. The Bertz CT molecular complexity index is 859. The standard InChI is InChI=1S/C21H28N4O7/c1-12(22)18(28)23-14(10-13-6-3-2-4-7-13)20(30)25-9-5-8-16(25)19(29)24-15(21(31)32)11-17(26)27/h2-4,6-7,12,14-16H,5,8-11,22H2,1H3,(H,23,28)(H,24,29)(H,26,27)(H,31,32). The molecule has 1 aliphatic heterocycles. The van der Waals surface area contributed by atoms with Crippen molar-refractivity contribution in [2.75, 3.05) is 6.54 Å². The zero-order valence-corrected chi connectivity index (χ0v) is 17.7. The molecule has 0 radical (unpaired) electrons. The van der Waals surface area contributed by atoms with Gasteiger partial charge in [-0.2, -0.15) is 0 Å². The van der Waals surface area contributed by atoms with Crippen LogP contribution in [-0.2, 0) is 30.4 Å². The number of aliphatic carboxylic acids is 2. The van der Waals surface area contributed by atoms with Gasteiger partial charge < -0.3 is 31.5 Å². The molecule has 32 heavy (non-hydrogen) atoms. The van der Waals surface area contributed by atoms with E-state index in [4.69, 9.17) is 10.8 Å². The second-order valence-electron chi connectivity index (χ2n) is 7.73. The van der Waals surface area contributed by atoms with E-state index in [-0.39, 0.29) is 19.4 Å². The van der Waals surface area contributed by atoms with E-state index < -0.39 is 60.2 Å². The van der Waals surface area contributed by atoms with Crippen LogP contribution in [0.2, 0.25) is 0 Å². The highest BCUT2D eigenvalue weighted by atomic mass is 16.4. The maximum Gasteiger partial charge on any atom is 0.326 e. The second-order valence-corrected chi connectivity index (χ2v) is 7.73. The van der Waals surface area contributed by atoms with Crippen molar-refractivity contribution in [3.8, 4) is 0 Å². The summed E-state index contributed by atoms with van der Waals surface area (Å²) in [5, 5.41) is 22.9. The van der Waals surface area contributed by atoms with Crippen LogP contribution in [0.1, 0.15) is 31.7 Å². The molecule has 6 N–H and O–H groups in total. The molecule has 4 unspecified atom stereocenters. The van der Waals surface area contributed by atoms with E-state index in [0.717, 1.165) is 5.56 Å². The van der Waals surface area contributed by atoms with Crippen LogP contribution in [0.25, 0.3) is 0 Å². The minimum Gasteiger partial charge on any atom is -0.481 e. The molecule has 0 aromatic heterocycles. The van der Waals surface area contributed by atoms with Gasteiger partial charge in [0.25, 0.3) is 0 Å². The highest BCUT2D eigenvalue weighted by molar-refractivity contribution is 5.95. The fourth-order valence-electron chi connectivity index (χ4n) is 3.50. The van der Waals surface area contributed by atoms with Gasteiger partial charge >= 0.3 is 11.9 Å². The number of carbonyl (C=O) groups excluding carboxylic acids is 3. The lowest BCUT2D eigenvalue weighted by atomic mass is 10.0. The summed E-state index contributed by atoms with van der Waals surface area (Å²) in [7, 11) is 0. The molecule has 0 saturated carbocycles. The normalized spacial score (nSPS) is 18.3. The number of rotatable bonds is 10. The number of carboxylic acids is 2. The Hall–Kier alpha value is -3.47. The van der Waals surface area contributed by atoms with Gasteiger partial charge in [-0.15, -0.1) is 0 Å². The first-order valence-electron chi connectivity index (χ1n) is 10.3. The van der Waals surface area contributed by atoms with Crippen LogP contribution < -0.4 is 16.4 Å². The first-order valence-corrected chi connectivity index (χ1v) is 10.3. The van der Waals surface area contributed by atoms with Crippen LogP contribution in [0.3, 0.4) is 0 Å². The number of carboxylic acid groups (broad SMARTS) is 2. The molecule has 0 spiro atoms. The molecule has 1 aromatic rings. The van der Waals surface area contributed by atoms with E-state index in [0.29, 0.717) is 6.42 Å². The lowest BCUT2D eigenvalue weighted by Gasteiger charge is -2.29. The van der Waals surface area contributed by atoms with E-state index in [9.17, 15) is 29.1 Å². The Morgan fingerprint density at radius 2 is 1.75 bits per heavy atom. The minimum absolute atomic E-state index is 0.180. The van der Waals surface area contributed by atoms with Gasteiger partial charge in [0.2, 0.25) is 17.7 Å². The predicted molar refractivity (Wildman–Crippen MR) is 112 cm³/mol. The lowest BCUT2D eigenvalue weighted by Crippen LogP contribution is -2.57. The summed E-state index contributed by atoms with van der Waals surface area (Å²) < 4.78 is 0. The van der Waals surface area contributed by atoms with Crippen LogP contribution in [0.15, 0.2) is 30.3 Å². The summed E-state index contributed by atoms with van der Waals surface area (Å²) in [5.74, 6) is -4.62. The topological polar surface area (TPSA) is 179 Å². The average Bonchev–Trinajstić information content (AvgIpc) is 3.22. The van der Waals surface area contributed by atoms with Gasteiger partial charge in [-0.05, 0) is 25.3 Å². The summed E-state index contributed by atoms with van der Waals surface area (Å²) in [6.45, 7) is 1.73. The van der Waals surface area contributed by atoms with Gasteiger partial charge in [0.1, 0.15) is 18.1 Å². The monoisotopic (exact) mass is 448 g/mol. The second kappa shape index (κ2) is 11.2. The first-order chi connectivity index (χ1) is 15.1. The van der Waals surface area contributed by atoms with Crippen LogP contribution in [0, 0.1) is 0 Å². The van der Waals surface area contributed by atoms with Crippen molar-refractivity contribution in [3.05, 3.63) is 35.9 Å². The Balaban J connectivity index is 2.19. The Morgan fingerprint density at radius 3 is 2.31 bits per heavy atom. The molecule has 1 aliphatic rings. The fourth-order valence-corrected chi connectivity index (χ4v) is 3.50. The molecule has 3 amide bonds. The van der Waals surface area contributed by atoms with Crippen molar-refractivity contribution in [2.24, 2.45) is 5.73 Å². The van der Waals surface area contributed by atoms with Gasteiger partial charge in [-0.3, -0.25) is 19.2 Å². The molecule has 1 fully saturated rings. The summed E-state index contributed by atoms with van der Waals surface area (Å²) >= 11 is 0. The van der Waals surface area contributed by atoms with Crippen molar-refractivity contribution in [1.29, 1.82) is 0 Å². The molecule has 1 saturated heterocycles. The highest BCUT2D eigenvalue weighted by Gasteiger charge is 2.39. The molecule has 174 valence electrons. The zero-order valence-electron chi connectivity index (χ0n) is 17.7. The molecular weight excluding hydrogens is 420 g/mol. The number of benzene rings is 1. The summed E-state index contributed by atoms with van der Waals surface area (Å²) in [6.07, 6.45) is 0.179. The number of carbonyl (C=O) groups is 5. The molecular formula is C21H28N4O7. The van der Waals surface area contributed by atoms with E-state index >= 15 is 0 Å². The number of hydrogen-bond acceptors (Lipinski definition) is 6. The van der Waals surface area contributed by atoms with E-state index in [1.54, 1.807) is 24.3 Å². The summed E-state index contributed by atoms with van der Waals surface area (Å²) in [5.41, 5.74) is 6.42. The van der Waals surface area contributed by atoms with Crippen LogP contribution in [-0.4, -0.2) is 75.5 Å². The number of nitrogens with two attached hydrogens (primary N) is 1. The van der Waals surface area contributed by atoms with E-state index in [1.165, 1.54) is 11.8 Å². The fraction of sp³-hybridized carbons (Fsp3) is 0.476. The SMILES string of the molecule is CC(N)C(=O)NC(Cc1ccccc1)C(=O)N1CCCC1C(=O)NC(CC(=O)O)C(=O)O. The Labute approximate surface area is 184 Å². The summed E-state index contributed by atoms with van der Waals surface area (Å²) in [4.78, 5) is 61.6. The Morgan fingerprint density at radius 1 is 1.09 bits per heavy atom. The van der Waals surface area contributed by atoms with E-state index in [1.807, 2.05) is 6.07 Å². The minimum atomic E-state index is -1.62. The summed E-state index contributed by atoms with van der Waals surface area (Å²) in [6, 6.07) is 4.61. The van der Waals surface area contributed by atoms with E-state index in [2.05, 4.69) is 10.6 Å².